The Morgan fingerprint density at radius 1 is 1.00 bits per heavy atom. The lowest BCUT2D eigenvalue weighted by Crippen LogP contribution is -2.41. The van der Waals surface area contributed by atoms with Crippen LogP contribution < -0.4 is 10.6 Å². The summed E-state index contributed by atoms with van der Waals surface area (Å²) < 4.78 is 0. The van der Waals surface area contributed by atoms with Gasteiger partial charge in [-0.1, -0.05) is 12.8 Å². The van der Waals surface area contributed by atoms with E-state index in [-0.39, 0.29) is 0 Å². The summed E-state index contributed by atoms with van der Waals surface area (Å²) in [5.74, 6) is 0.995. The number of rotatable bonds is 3. The van der Waals surface area contributed by atoms with Crippen molar-refractivity contribution in [1.82, 2.24) is 10.6 Å². The quantitative estimate of drug-likeness (QED) is 0.691. The third kappa shape index (κ3) is 2.96. The Labute approximate surface area is 81.5 Å². The van der Waals surface area contributed by atoms with Crippen LogP contribution in [-0.2, 0) is 0 Å². The van der Waals surface area contributed by atoms with Gasteiger partial charge in [-0.2, -0.15) is 0 Å². The van der Waals surface area contributed by atoms with Crippen LogP contribution in [0.2, 0.25) is 0 Å². The van der Waals surface area contributed by atoms with Crippen LogP contribution in [0.5, 0.6) is 0 Å². The first-order valence-electron chi connectivity index (χ1n) is 5.89. The van der Waals surface area contributed by atoms with Crippen molar-refractivity contribution in [3.8, 4) is 0 Å². The van der Waals surface area contributed by atoms with Crippen molar-refractivity contribution in [2.45, 2.75) is 44.6 Å². The van der Waals surface area contributed by atoms with E-state index in [4.69, 9.17) is 0 Å². The molecule has 2 rings (SSSR count). The zero-order valence-electron chi connectivity index (χ0n) is 8.52. The van der Waals surface area contributed by atoms with Gasteiger partial charge in [0.2, 0.25) is 0 Å². The lowest BCUT2D eigenvalue weighted by atomic mass is 10.0. The molecule has 1 saturated heterocycles. The molecule has 2 heteroatoms. The summed E-state index contributed by atoms with van der Waals surface area (Å²) in [7, 11) is 0. The Balaban J connectivity index is 1.60. The van der Waals surface area contributed by atoms with Gasteiger partial charge in [-0.05, 0) is 51.2 Å². The van der Waals surface area contributed by atoms with Crippen molar-refractivity contribution in [2.24, 2.45) is 5.92 Å². The molecule has 0 aromatic carbocycles. The van der Waals surface area contributed by atoms with Crippen molar-refractivity contribution in [3.05, 3.63) is 0 Å². The Morgan fingerprint density at radius 2 is 1.69 bits per heavy atom. The van der Waals surface area contributed by atoms with Gasteiger partial charge in [0.15, 0.2) is 0 Å². The van der Waals surface area contributed by atoms with Crippen LogP contribution in [0.1, 0.15) is 38.5 Å². The summed E-state index contributed by atoms with van der Waals surface area (Å²) in [6.07, 6.45) is 8.53. The van der Waals surface area contributed by atoms with Gasteiger partial charge < -0.3 is 10.6 Å². The smallest absolute Gasteiger partial charge is 0.00913 e. The zero-order valence-corrected chi connectivity index (χ0v) is 8.52. The maximum Gasteiger partial charge on any atom is 0.00913 e. The third-order valence-corrected chi connectivity index (χ3v) is 3.51. The molecule has 0 spiro atoms. The average Bonchev–Trinajstić information content (AvgIpc) is 2.69. The minimum absolute atomic E-state index is 0.807. The predicted octanol–water partition coefficient (Wildman–Crippen LogP) is 1.52. The fraction of sp³-hybridized carbons (Fsp3) is 1.00. The van der Waals surface area contributed by atoms with Gasteiger partial charge in [-0.15, -0.1) is 0 Å². The highest BCUT2D eigenvalue weighted by atomic mass is 15.0. The highest BCUT2D eigenvalue weighted by Crippen LogP contribution is 2.24. The monoisotopic (exact) mass is 182 g/mol. The number of nitrogens with one attached hydrogen (secondary N) is 2. The second kappa shape index (κ2) is 4.97. The Morgan fingerprint density at radius 3 is 2.38 bits per heavy atom. The molecule has 76 valence electrons. The molecule has 1 heterocycles. The molecule has 0 bridgehead atoms. The van der Waals surface area contributed by atoms with Gasteiger partial charge in [0.25, 0.3) is 0 Å². The molecule has 1 aliphatic heterocycles. The minimum Gasteiger partial charge on any atom is -0.317 e. The Hall–Kier alpha value is -0.0800. The summed E-state index contributed by atoms with van der Waals surface area (Å²) in [5.41, 5.74) is 0. The van der Waals surface area contributed by atoms with E-state index in [1.54, 1.807) is 0 Å². The summed E-state index contributed by atoms with van der Waals surface area (Å²) in [5, 5.41) is 7.13. The molecule has 0 radical (unpaired) electrons. The predicted molar refractivity (Wildman–Crippen MR) is 55.9 cm³/mol. The van der Waals surface area contributed by atoms with Crippen LogP contribution in [-0.4, -0.2) is 25.7 Å². The van der Waals surface area contributed by atoms with Crippen LogP contribution in [0.3, 0.4) is 0 Å². The topological polar surface area (TPSA) is 24.1 Å². The van der Waals surface area contributed by atoms with E-state index >= 15 is 0 Å². The molecule has 2 aliphatic rings. The molecule has 0 aromatic rings. The number of hydrogen-bond donors (Lipinski definition) is 2. The van der Waals surface area contributed by atoms with E-state index in [0.29, 0.717) is 0 Å². The fourth-order valence-electron chi connectivity index (χ4n) is 2.57. The molecule has 1 saturated carbocycles. The molecule has 1 aliphatic carbocycles. The van der Waals surface area contributed by atoms with Crippen LogP contribution >= 0.6 is 0 Å². The SMILES string of the molecule is C1CCC(CNC2CCNCC2)C1. The lowest BCUT2D eigenvalue weighted by Gasteiger charge is -2.25. The maximum atomic E-state index is 3.72. The standard InChI is InChI=1S/C11H22N2/c1-2-4-10(3-1)9-13-11-5-7-12-8-6-11/h10-13H,1-9H2. The highest BCUT2D eigenvalue weighted by Gasteiger charge is 2.17. The van der Waals surface area contributed by atoms with Crippen molar-refractivity contribution < 1.29 is 0 Å². The highest BCUT2D eigenvalue weighted by molar-refractivity contribution is 4.77. The average molecular weight is 182 g/mol. The minimum atomic E-state index is 0.807. The molecular formula is C11H22N2. The zero-order chi connectivity index (χ0) is 8.93. The first-order valence-corrected chi connectivity index (χ1v) is 5.89. The van der Waals surface area contributed by atoms with Gasteiger partial charge in [-0.25, -0.2) is 0 Å². The van der Waals surface area contributed by atoms with Crippen molar-refractivity contribution in [1.29, 1.82) is 0 Å². The molecule has 0 atom stereocenters. The summed E-state index contributed by atoms with van der Waals surface area (Å²) in [6, 6.07) is 0.807. The van der Waals surface area contributed by atoms with Gasteiger partial charge in [0, 0.05) is 6.04 Å². The van der Waals surface area contributed by atoms with E-state index < -0.39 is 0 Å². The number of hydrogen-bond acceptors (Lipinski definition) is 2. The molecule has 13 heavy (non-hydrogen) atoms. The van der Waals surface area contributed by atoms with Crippen LogP contribution in [0.15, 0.2) is 0 Å². The summed E-state index contributed by atoms with van der Waals surface area (Å²) in [4.78, 5) is 0. The molecular weight excluding hydrogens is 160 g/mol. The Kier molecular flexibility index (Phi) is 3.62. The van der Waals surface area contributed by atoms with Crippen LogP contribution in [0.4, 0.5) is 0 Å². The fourth-order valence-corrected chi connectivity index (χ4v) is 2.57. The van der Waals surface area contributed by atoms with Crippen molar-refractivity contribution >= 4 is 0 Å². The lowest BCUT2D eigenvalue weighted by molar-refractivity contribution is 0.358. The molecule has 2 nitrogen and oxygen atoms in total. The van der Waals surface area contributed by atoms with Gasteiger partial charge >= 0.3 is 0 Å². The first kappa shape index (κ1) is 9.47. The largest absolute Gasteiger partial charge is 0.317 e. The van der Waals surface area contributed by atoms with Gasteiger partial charge in [0.05, 0.1) is 0 Å². The molecule has 2 fully saturated rings. The van der Waals surface area contributed by atoms with E-state index in [1.165, 1.54) is 58.2 Å². The molecule has 2 N–H and O–H groups in total. The normalized spacial score (nSPS) is 26.8. The summed E-state index contributed by atoms with van der Waals surface area (Å²) in [6.45, 7) is 3.70. The summed E-state index contributed by atoms with van der Waals surface area (Å²) >= 11 is 0. The third-order valence-electron chi connectivity index (χ3n) is 3.51. The molecule has 0 unspecified atom stereocenters. The Bertz CT molecular complexity index is 135. The van der Waals surface area contributed by atoms with Crippen LogP contribution in [0, 0.1) is 5.92 Å². The van der Waals surface area contributed by atoms with Gasteiger partial charge in [-0.3, -0.25) is 0 Å². The second-order valence-electron chi connectivity index (χ2n) is 4.58. The maximum absolute atomic E-state index is 3.72. The second-order valence-corrected chi connectivity index (χ2v) is 4.58. The van der Waals surface area contributed by atoms with E-state index in [9.17, 15) is 0 Å². The molecule has 0 amide bonds. The van der Waals surface area contributed by atoms with E-state index in [0.717, 1.165) is 12.0 Å². The van der Waals surface area contributed by atoms with E-state index in [1.807, 2.05) is 0 Å². The molecule has 0 aromatic heterocycles. The van der Waals surface area contributed by atoms with E-state index in [2.05, 4.69) is 10.6 Å². The number of piperidine rings is 1. The van der Waals surface area contributed by atoms with Crippen molar-refractivity contribution in [3.63, 3.8) is 0 Å². The van der Waals surface area contributed by atoms with Gasteiger partial charge in [0.1, 0.15) is 0 Å². The first-order chi connectivity index (χ1) is 6.45. The van der Waals surface area contributed by atoms with Crippen molar-refractivity contribution in [2.75, 3.05) is 19.6 Å². The van der Waals surface area contributed by atoms with Crippen LogP contribution in [0.25, 0.3) is 0 Å².